The molecule has 0 atom stereocenters. The number of nitrogens with zero attached hydrogens (tertiary/aromatic N) is 1. The minimum Gasteiger partial charge on any atom is -0.246 e. The highest BCUT2D eigenvalue weighted by Gasteiger charge is 2.01. The first-order chi connectivity index (χ1) is 5.22. The van der Waals surface area contributed by atoms with Crippen molar-refractivity contribution in [2.75, 3.05) is 0 Å². The summed E-state index contributed by atoms with van der Waals surface area (Å²) in [6.07, 6.45) is 2.19. The molecule has 0 aliphatic rings. The molecule has 0 saturated heterocycles. The van der Waals surface area contributed by atoms with Crippen LogP contribution in [0.5, 0.6) is 0 Å². The van der Waals surface area contributed by atoms with Crippen molar-refractivity contribution >= 4 is 11.3 Å². The standard InChI is InChI=1S/C9H15NS/c1-4-8-6-11-9(10-8)5-7(2)3/h6-7H,4-5H2,1-3H3. The van der Waals surface area contributed by atoms with E-state index >= 15 is 0 Å². The fourth-order valence-corrected chi connectivity index (χ4v) is 2.05. The van der Waals surface area contributed by atoms with Crippen LogP contribution in [0.3, 0.4) is 0 Å². The Kier molecular flexibility index (Phi) is 3.06. The van der Waals surface area contributed by atoms with Gasteiger partial charge in [0, 0.05) is 11.8 Å². The van der Waals surface area contributed by atoms with Gasteiger partial charge in [-0.05, 0) is 12.3 Å². The first-order valence-corrected chi connectivity index (χ1v) is 5.03. The Hall–Kier alpha value is -0.370. The Bertz CT molecular complexity index is 215. The summed E-state index contributed by atoms with van der Waals surface area (Å²) in [6, 6.07) is 0. The van der Waals surface area contributed by atoms with E-state index in [9.17, 15) is 0 Å². The van der Waals surface area contributed by atoms with E-state index in [1.807, 2.05) is 0 Å². The van der Waals surface area contributed by atoms with Crippen LogP contribution in [0.15, 0.2) is 5.38 Å². The van der Waals surface area contributed by atoms with Gasteiger partial charge in [0.15, 0.2) is 0 Å². The minimum atomic E-state index is 0.728. The molecule has 1 heterocycles. The zero-order valence-electron chi connectivity index (χ0n) is 7.42. The quantitative estimate of drug-likeness (QED) is 0.678. The number of hydrogen-bond donors (Lipinski definition) is 0. The Balaban J connectivity index is 2.58. The van der Waals surface area contributed by atoms with Crippen LogP contribution in [-0.2, 0) is 12.8 Å². The number of hydrogen-bond acceptors (Lipinski definition) is 2. The molecule has 1 aromatic heterocycles. The van der Waals surface area contributed by atoms with Crippen molar-refractivity contribution in [3.8, 4) is 0 Å². The molecule has 0 aliphatic carbocycles. The summed E-state index contributed by atoms with van der Waals surface area (Å²) in [5.41, 5.74) is 1.24. The second kappa shape index (κ2) is 3.86. The van der Waals surface area contributed by atoms with Crippen molar-refractivity contribution < 1.29 is 0 Å². The first-order valence-electron chi connectivity index (χ1n) is 4.15. The highest BCUT2D eigenvalue weighted by Crippen LogP contribution is 2.14. The van der Waals surface area contributed by atoms with Crippen LogP contribution in [0.1, 0.15) is 31.5 Å². The summed E-state index contributed by atoms with van der Waals surface area (Å²) in [6.45, 7) is 6.61. The minimum absolute atomic E-state index is 0.728. The third-order valence-corrected chi connectivity index (χ3v) is 2.46. The third-order valence-electron chi connectivity index (χ3n) is 1.54. The molecule has 62 valence electrons. The summed E-state index contributed by atoms with van der Waals surface area (Å²) in [4.78, 5) is 4.49. The van der Waals surface area contributed by atoms with Gasteiger partial charge in [-0.15, -0.1) is 11.3 Å². The van der Waals surface area contributed by atoms with Crippen LogP contribution in [0, 0.1) is 5.92 Å². The highest BCUT2D eigenvalue weighted by molar-refractivity contribution is 7.09. The third kappa shape index (κ3) is 2.62. The second-order valence-corrected chi connectivity index (χ2v) is 4.13. The summed E-state index contributed by atoms with van der Waals surface area (Å²) < 4.78 is 0. The van der Waals surface area contributed by atoms with E-state index in [0.29, 0.717) is 0 Å². The van der Waals surface area contributed by atoms with Crippen LogP contribution in [-0.4, -0.2) is 4.98 Å². The lowest BCUT2D eigenvalue weighted by Gasteiger charge is -1.98. The molecule has 2 heteroatoms. The van der Waals surface area contributed by atoms with E-state index in [1.165, 1.54) is 10.7 Å². The normalized spacial score (nSPS) is 10.9. The van der Waals surface area contributed by atoms with Gasteiger partial charge in [-0.1, -0.05) is 20.8 Å². The Morgan fingerprint density at radius 3 is 2.73 bits per heavy atom. The van der Waals surface area contributed by atoms with Gasteiger partial charge in [0.2, 0.25) is 0 Å². The van der Waals surface area contributed by atoms with Gasteiger partial charge in [-0.3, -0.25) is 0 Å². The fraction of sp³-hybridized carbons (Fsp3) is 0.667. The van der Waals surface area contributed by atoms with E-state index in [2.05, 4.69) is 31.1 Å². The van der Waals surface area contributed by atoms with Crippen molar-refractivity contribution in [2.45, 2.75) is 33.6 Å². The molecule has 0 aromatic carbocycles. The van der Waals surface area contributed by atoms with Crippen LogP contribution >= 0.6 is 11.3 Å². The largest absolute Gasteiger partial charge is 0.246 e. The maximum atomic E-state index is 4.49. The Labute approximate surface area is 72.5 Å². The molecule has 1 aromatic rings. The monoisotopic (exact) mass is 169 g/mol. The van der Waals surface area contributed by atoms with E-state index in [4.69, 9.17) is 0 Å². The van der Waals surface area contributed by atoms with Crippen molar-refractivity contribution in [2.24, 2.45) is 5.92 Å². The average molecular weight is 169 g/mol. The molecule has 1 nitrogen and oxygen atoms in total. The maximum Gasteiger partial charge on any atom is 0.0930 e. The summed E-state index contributed by atoms with van der Waals surface area (Å²) >= 11 is 1.79. The molecular weight excluding hydrogens is 154 g/mol. The summed E-state index contributed by atoms with van der Waals surface area (Å²) in [7, 11) is 0. The highest BCUT2D eigenvalue weighted by atomic mass is 32.1. The van der Waals surface area contributed by atoms with Gasteiger partial charge >= 0.3 is 0 Å². The molecule has 0 amide bonds. The molecule has 0 fully saturated rings. The molecule has 0 saturated carbocycles. The predicted molar refractivity (Wildman–Crippen MR) is 50.0 cm³/mol. The number of rotatable bonds is 3. The summed E-state index contributed by atoms with van der Waals surface area (Å²) in [5, 5.41) is 3.45. The molecule has 0 unspecified atom stereocenters. The van der Waals surface area contributed by atoms with Gasteiger partial charge in [0.1, 0.15) is 0 Å². The van der Waals surface area contributed by atoms with Crippen molar-refractivity contribution in [3.05, 3.63) is 16.1 Å². The molecule has 0 aliphatic heterocycles. The lowest BCUT2D eigenvalue weighted by Crippen LogP contribution is -1.93. The molecular formula is C9H15NS. The zero-order chi connectivity index (χ0) is 8.27. The molecule has 11 heavy (non-hydrogen) atoms. The van der Waals surface area contributed by atoms with E-state index in [1.54, 1.807) is 11.3 Å². The van der Waals surface area contributed by atoms with Crippen molar-refractivity contribution in [1.82, 2.24) is 4.98 Å². The van der Waals surface area contributed by atoms with Crippen LogP contribution < -0.4 is 0 Å². The van der Waals surface area contributed by atoms with Crippen LogP contribution in [0.2, 0.25) is 0 Å². The topological polar surface area (TPSA) is 12.9 Å². The van der Waals surface area contributed by atoms with Crippen LogP contribution in [0.25, 0.3) is 0 Å². The van der Waals surface area contributed by atoms with Gasteiger partial charge in [-0.2, -0.15) is 0 Å². The number of aromatic nitrogens is 1. The zero-order valence-corrected chi connectivity index (χ0v) is 8.24. The SMILES string of the molecule is CCc1csc(CC(C)C)n1. The van der Waals surface area contributed by atoms with E-state index in [-0.39, 0.29) is 0 Å². The predicted octanol–water partition coefficient (Wildman–Crippen LogP) is 2.90. The Morgan fingerprint density at radius 1 is 1.55 bits per heavy atom. The summed E-state index contributed by atoms with van der Waals surface area (Å²) in [5.74, 6) is 0.728. The molecule has 0 bridgehead atoms. The lowest BCUT2D eigenvalue weighted by molar-refractivity contribution is 0.643. The molecule has 0 N–H and O–H groups in total. The van der Waals surface area contributed by atoms with E-state index < -0.39 is 0 Å². The molecule has 1 rings (SSSR count). The Morgan fingerprint density at radius 2 is 2.27 bits per heavy atom. The van der Waals surface area contributed by atoms with Gasteiger partial charge < -0.3 is 0 Å². The maximum absolute atomic E-state index is 4.49. The lowest BCUT2D eigenvalue weighted by atomic mass is 10.1. The first kappa shape index (κ1) is 8.72. The van der Waals surface area contributed by atoms with Crippen molar-refractivity contribution in [3.63, 3.8) is 0 Å². The van der Waals surface area contributed by atoms with Gasteiger partial charge in [-0.25, -0.2) is 4.98 Å². The number of aryl methyl sites for hydroxylation is 1. The van der Waals surface area contributed by atoms with E-state index in [0.717, 1.165) is 18.8 Å². The average Bonchev–Trinajstić information content (AvgIpc) is 2.34. The fourth-order valence-electron chi connectivity index (χ4n) is 0.954. The molecule has 0 spiro atoms. The molecule has 0 radical (unpaired) electrons. The smallest absolute Gasteiger partial charge is 0.0930 e. The van der Waals surface area contributed by atoms with Gasteiger partial charge in [0.25, 0.3) is 0 Å². The second-order valence-electron chi connectivity index (χ2n) is 3.18. The van der Waals surface area contributed by atoms with Crippen molar-refractivity contribution in [1.29, 1.82) is 0 Å². The van der Waals surface area contributed by atoms with Gasteiger partial charge in [0.05, 0.1) is 10.7 Å². The number of thiazole rings is 1. The van der Waals surface area contributed by atoms with Crippen LogP contribution in [0.4, 0.5) is 0 Å².